The second-order valence-corrected chi connectivity index (χ2v) is 8.29. The first-order valence-corrected chi connectivity index (χ1v) is 9.26. The fraction of sp³-hybridized carbons (Fsp3) is 0.100. The third-order valence-corrected chi connectivity index (χ3v) is 6.89. The molecular formula is C20H19LiNOP. The standard InChI is InChI=1S/C20H19NOP.Li/c1-21(17-18-11-5-2-6-12-18)23(22,19-13-7-3-8-14-19)20-15-9-4-10-16-20;/h2-15H,17H2,1H3;/q-1;+1. The van der Waals surface area contributed by atoms with Gasteiger partial charge in [-0.3, -0.25) is 4.57 Å². The van der Waals surface area contributed by atoms with Gasteiger partial charge in [0, 0.05) is 11.8 Å². The number of nitrogens with zero attached hydrogens (tertiary/aromatic N) is 1. The number of rotatable bonds is 5. The Labute approximate surface area is 156 Å². The predicted octanol–water partition coefficient (Wildman–Crippen LogP) is 0.852. The summed E-state index contributed by atoms with van der Waals surface area (Å²) in [5, 5.41) is 1.57. The molecule has 0 aromatic heterocycles. The summed E-state index contributed by atoms with van der Waals surface area (Å²) in [6, 6.07) is 30.5. The minimum Gasteiger partial charge on any atom is -0.299 e. The largest absolute Gasteiger partial charge is 1.00 e. The van der Waals surface area contributed by atoms with Crippen molar-refractivity contribution in [2.75, 3.05) is 7.05 Å². The van der Waals surface area contributed by atoms with Crippen LogP contribution in [0, 0.1) is 6.07 Å². The molecule has 0 aliphatic carbocycles. The summed E-state index contributed by atoms with van der Waals surface area (Å²) in [6.45, 7) is 0.621. The molecule has 0 radical (unpaired) electrons. The summed E-state index contributed by atoms with van der Waals surface area (Å²) >= 11 is 0. The molecule has 0 heterocycles. The average Bonchev–Trinajstić information content (AvgIpc) is 2.63. The van der Waals surface area contributed by atoms with Crippen molar-refractivity contribution in [2.24, 2.45) is 0 Å². The van der Waals surface area contributed by atoms with Gasteiger partial charge >= 0.3 is 18.9 Å². The van der Waals surface area contributed by atoms with Gasteiger partial charge < -0.3 is 0 Å². The van der Waals surface area contributed by atoms with Crippen molar-refractivity contribution in [2.45, 2.75) is 6.54 Å². The molecule has 0 saturated carbocycles. The third kappa shape index (κ3) is 3.91. The van der Waals surface area contributed by atoms with Crippen LogP contribution < -0.4 is 29.5 Å². The molecule has 24 heavy (non-hydrogen) atoms. The van der Waals surface area contributed by atoms with Gasteiger partial charge in [0.05, 0.1) is 0 Å². The van der Waals surface area contributed by atoms with E-state index in [0.717, 1.165) is 16.2 Å². The molecule has 116 valence electrons. The summed E-state index contributed by atoms with van der Waals surface area (Å²) < 4.78 is 16.0. The molecule has 0 fully saturated rings. The molecule has 0 amide bonds. The second kappa shape index (κ2) is 8.52. The van der Waals surface area contributed by atoms with Crippen LogP contribution in [0.15, 0.2) is 84.9 Å². The minimum atomic E-state index is -2.90. The monoisotopic (exact) mass is 327 g/mol. The van der Waals surface area contributed by atoms with Crippen molar-refractivity contribution in [3.05, 3.63) is 96.6 Å². The van der Waals surface area contributed by atoms with E-state index in [9.17, 15) is 4.57 Å². The molecule has 3 aromatic rings. The Hall–Kier alpha value is -1.55. The summed E-state index contributed by atoms with van der Waals surface area (Å²) in [6.07, 6.45) is 0. The summed E-state index contributed by atoms with van der Waals surface area (Å²) in [5.74, 6) is 0. The zero-order chi connectivity index (χ0) is 16.1. The maximum Gasteiger partial charge on any atom is 1.00 e. The molecule has 0 aliphatic heterocycles. The molecule has 2 nitrogen and oxygen atoms in total. The zero-order valence-electron chi connectivity index (χ0n) is 14.1. The maximum absolute atomic E-state index is 14.0. The zero-order valence-corrected chi connectivity index (χ0v) is 15.0. The van der Waals surface area contributed by atoms with Crippen LogP contribution in [0.1, 0.15) is 5.56 Å². The molecule has 0 saturated heterocycles. The summed E-state index contributed by atoms with van der Waals surface area (Å²) in [7, 11) is -0.985. The van der Waals surface area contributed by atoms with Crippen molar-refractivity contribution in [3.8, 4) is 0 Å². The SMILES string of the molecule is CN(Cc1ccccc1)P(=O)(c1[c-]cccc1)c1ccccc1.[Li+]. The molecule has 0 N–H and O–H groups in total. The Morgan fingerprint density at radius 2 is 1.46 bits per heavy atom. The van der Waals surface area contributed by atoms with Gasteiger partial charge in [0.15, 0.2) is 7.29 Å². The van der Waals surface area contributed by atoms with Gasteiger partial charge in [-0.1, -0.05) is 53.8 Å². The van der Waals surface area contributed by atoms with Crippen molar-refractivity contribution >= 4 is 17.9 Å². The first-order valence-electron chi connectivity index (χ1n) is 7.60. The van der Waals surface area contributed by atoms with E-state index in [1.807, 2.05) is 84.5 Å². The van der Waals surface area contributed by atoms with E-state index in [1.165, 1.54) is 0 Å². The first kappa shape index (κ1) is 18.8. The molecule has 3 aromatic carbocycles. The van der Waals surface area contributed by atoms with Crippen molar-refractivity contribution in [1.82, 2.24) is 4.67 Å². The van der Waals surface area contributed by atoms with E-state index >= 15 is 0 Å². The molecule has 4 heteroatoms. The second-order valence-electron chi connectivity index (χ2n) is 5.46. The van der Waals surface area contributed by atoms with Crippen LogP contribution >= 0.6 is 7.29 Å². The topological polar surface area (TPSA) is 20.3 Å². The van der Waals surface area contributed by atoms with Crippen molar-refractivity contribution in [1.29, 1.82) is 0 Å². The van der Waals surface area contributed by atoms with Gasteiger partial charge in [-0.2, -0.15) is 30.3 Å². The number of benzene rings is 3. The summed E-state index contributed by atoms with van der Waals surface area (Å²) in [4.78, 5) is 0. The first-order chi connectivity index (χ1) is 11.2. The molecule has 3 rings (SSSR count). The Balaban J connectivity index is 0.00000208. The van der Waals surface area contributed by atoms with E-state index < -0.39 is 7.29 Å². The average molecular weight is 327 g/mol. The van der Waals surface area contributed by atoms with Crippen LogP contribution in [0.4, 0.5) is 0 Å². The van der Waals surface area contributed by atoms with Gasteiger partial charge in [0.25, 0.3) is 0 Å². The Morgan fingerprint density at radius 1 is 0.875 bits per heavy atom. The van der Waals surface area contributed by atoms with E-state index in [2.05, 4.69) is 18.2 Å². The van der Waals surface area contributed by atoms with Crippen LogP contribution in [0.2, 0.25) is 0 Å². The predicted molar refractivity (Wildman–Crippen MR) is 96.5 cm³/mol. The van der Waals surface area contributed by atoms with E-state index in [4.69, 9.17) is 0 Å². The Bertz CT molecular complexity index is 750. The molecular weight excluding hydrogens is 308 g/mol. The van der Waals surface area contributed by atoms with Crippen LogP contribution in [0.5, 0.6) is 0 Å². The molecule has 0 spiro atoms. The summed E-state index contributed by atoms with van der Waals surface area (Å²) in [5.41, 5.74) is 1.14. The molecule has 1 unspecified atom stereocenters. The van der Waals surface area contributed by atoms with Crippen molar-refractivity contribution < 1.29 is 23.4 Å². The van der Waals surface area contributed by atoms with Gasteiger partial charge in [-0.25, -0.2) is 4.67 Å². The van der Waals surface area contributed by atoms with E-state index in [-0.39, 0.29) is 18.9 Å². The van der Waals surface area contributed by atoms with Crippen molar-refractivity contribution in [3.63, 3.8) is 0 Å². The van der Waals surface area contributed by atoms with Crippen LogP contribution in [0.3, 0.4) is 0 Å². The third-order valence-electron chi connectivity index (χ3n) is 3.86. The smallest absolute Gasteiger partial charge is 0.299 e. The van der Waals surface area contributed by atoms with Crippen LogP contribution in [-0.2, 0) is 11.1 Å². The number of hydrogen-bond donors (Lipinski definition) is 0. The molecule has 0 aliphatic rings. The Kier molecular flexibility index (Phi) is 6.67. The Morgan fingerprint density at radius 3 is 2.04 bits per heavy atom. The minimum absolute atomic E-state index is 0. The normalized spacial score (nSPS) is 13.1. The fourth-order valence-electron chi connectivity index (χ4n) is 2.67. The molecule has 1 atom stereocenters. The van der Waals surface area contributed by atoms with Gasteiger partial charge in [-0.15, -0.1) is 0 Å². The van der Waals surface area contributed by atoms with E-state index in [1.54, 1.807) is 0 Å². The van der Waals surface area contributed by atoms with Crippen LogP contribution in [0.25, 0.3) is 0 Å². The fourth-order valence-corrected chi connectivity index (χ4v) is 5.19. The quantitative estimate of drug-likeness (QED) is 0.393. The molecule has 0 bridgehead atoms. The maximum atomic E-state index is 14.0. The van der Waals surface area contributed by atoms with E-state index in [0.29, 0.717) is 6.54 Å². The van der Waals surface area contributed by atoms with Gasteiger partial charge in [0.2, 0.25) is 0 Å². The number of hydrogen-bond acceptors (Lipinski definition) is 1. The van der Waals surface area contributed by atoms with Gasteiger partial charge in [0.1, 0.15) is 0 Å². The van der Waals surface area contributed by atoms with Crippen LogP contribution in [-0.4, -0.2) is 11.7 Å². The van der Waals surface area contributed by atoms with Gasteiger partial charge in [-0.05, 0) is 24.7 Å².